The van der Waals surface area contributed by atoms with Gasteiger partial charge in [0, 0.05) is 18.7 Å². The number of rotatable bonds is 9. The van der Waals surface area contributed by atoms with Crippen LogP contribution in [0.5, 0.6) is 34.5 Å². The molecule has 0 aliphatic rings. The number of ether oxygens (including phenoxy) is 3. The monoisotopic (exact) mass is 523 g/mol. The highest BCUT2D eigenvalue weighted by molar-refractivity contribution is 5.67. The molecular weight excluding hydrogens is 499 g/mol. The lowest BCUT2D eigenvalue weighted by atomic mass is 10.0. The fourth-order valence-electron chi connectivity index (χ4n) is 3.73. The van der Waals surface area contributed by atoms with Crippen LogP contribution in [-0.2, 0) is 17.4 Å². The average Bonchev–Trinajstić information content (AvgIpc) is 2.84. The van der Waals surface area contributed by atoms with Gasteiger partial charge in [0.05, 0.1) is 11.8 Å². The Kier molecular flexibility index (Phi) is 7.85. The molecule has 38 heavy (non-hydrogen) atoms. The number of benzene rings is 3. The predicted octanol–water partition coefficient (Wildman–Crippen LogP) is 8.11. The van der Waals surface area contributed by atoms with E-state index >= 15 is 0 Å². The lowest BCUT2D eigenvalue weighted by Gasteiger charge is -2.16. The zero-order valence-corrected chi connectivity index (χ0v) is 20.6. The van der Waals surface area contributed by atoms with Gasteiger partial charge in [0.2, 0.25) is 0 Å². The summed E-state index contributed by atoms with van der Waals surface area (Å²) in [4.78, 5) is 14.8. The third-order valence-corrected chi connectivity index (χ3v) is 5.54. The van der Waals surface area contributed by atoms with Gasteiger partial charge in [-0.3, -0.25) is 9.78 Å². The Hall–Kier alpha value is -4.53. The maximum Gasteiger partial charge on any atom is 0.416 e. The van der Waals surface area contributed by atoms with Crippen LogP contribution in [0, 0.1) is 13.8 Å². The van der Waals surface area contributed by atoms with E-state index in [0.29, 0.717) is 23.7 Å². The Bertz CT molecular complexity index is 1440. The van der Waals surface area contributed by atoms with Crippen molar-refractivity contribution in [2.45, 2.75) is 32.9 Å². The van der Waals surface area contributed by atoms with Crippen molar-refractivity contribution in [3.8, 4) is 34.5 Å². The van der Waals surface area contributed by atoms with Gasteiger partial charge in [0.15, 0.2) is 11.5 Å². The molecule has 0 radical (unpaired) electrons. The number of aliphatic carboxylic acids is 1. The number of carboxylic acids is 1. The molecule has 4 aromatic rings. The van der Waals surface area contributed by atoms with Crippen molar-refractivity contribution in [3.63, 3.8) is 0 Å². The number of pyridine rings is 1. The Morgan fingerprint density at radius 2 is 1.58 bits per heavy atom. The molecular formula is C29H24F3NO5. The zero-order valence-electron chi connectivity index (χ0n) is 20.6. The lowest BCUT2D eigenvalue weighted by molar-refractivity contribution is -0.138. The summed E-state index contributed by atoms with van der Waals surface area (Å²) in [7, 11) is 0. The lowest BCUT2D eigenvalue weighted by Crippen LogP contribution is -2.05. The van der Waals surface area contributed by atoms with Gasteiger partial charge >= 0.3 is 12.1 Å². The van der Waals surface area contributed by atoms with Crippen LogP contribution in [0.25, 0.3) is 0 Å². The first-order valence-electron chi connectivity index (χ1n) is 11.6. The molecule has 6 nitrogen and oxygen atoms in total. The van der Waals surface area contributed by atoms with E-state index in [9.17, 15) is 18.0 Å². The van der Waals surface area contributed by atoms with Crippen LogP contribution >= 0.6 is 0 Å². The highest BCUT2D eigenvalue weighted by Gasteiger charge is 2.31. The van der Waals surface area contributed by atoms with Gasteiger partial charge in [0.25, 0.3) is 0 Å². The molecule has 0 saturated heterocycles. The van der Waals surface area contributed by atoms with Crippen molar-refractivity contribution < 1.29 is 37.3 Å². The third-order valence-electron chi connectivity index (χ3n) is 5.54. The molecule has 0 bridgehead atoms. The topological polar surface area (TPSA) is 77.9 Å². The van der Waals surface area contributed by atoms with Gasteiger partial charge in [-0.25, -0.2) is 0 Å². The van der Waals surface area contributed by atoms with Crippen LogP contribution in [0.2, 0.25) is 0 Å². The molecule has 0 unspecified atom stereocenters. The molecule has 0 spiro atoms. The summed E-state index contributed by atoms with van der Waals surface area (Å²) >= 11 is 0. The number of nitrogens with zero attached hydrogens (tertiary/aromatic N) is 1. The highest BCUT2D eigenvalue weighted by atomic mass is 19.4. The number of hydrogen-bond donors (Lipinski definition) is 1. The van der Waals surface area contributed by atoms with Crippen LogP contribution in [0.3, 0.4) is 0 Å². The molecule has 0 atom stereocenters. The number of alkyl halides is 3. The molecule has 4 rings (SSSR count). The van der Waals surface area contributed by atoms with Crippen molar-refractivity contribution in [2.75, 3.05) is 0 Å². The van der Waals surface area contributed by atoms with Crippen LogP contribution < -0.4 is 14.2 Å². The van der Waals surface area contributed by atoms with Crippen molar-refractivity contribution in [3.05, 3.63) is 101 Å². The number of halogens is 3. The summed E-state index contributed by atoms with van der Waals surface area (Å²) in [5.41, 5.74) is 1.74. The summed E-state index contributed by atoms with van der Waals surface area (Å²) in [6.07, 6.45) is -1.19. The minimum Gasteiger partial charge on any atom is -0.481 e. The predicted molar refractivity (Wildman–Crippen MR) is 134 cm³/mol. The summed E-state index contributed by atoms with van der Waals surface area (Å²) in [5, 5.41) is 8.92. The Morgan fingerprint density at radius 1 is 0.842 bits per heavy atom. The highest BCUT2D eigenvalue weighted by Crippen LogP contribution is 2.41. The van der Waals surface area contributed by atoms with E-state index in [2.05, 4.69) is 4.98 Å². The molecule has 196 valence electrons. The van der Waals surface area contributed by atoms with E-state index in [1.54, 1.807) is 36.4 Å². The van der Waals surface area contributed by atoms with E-state index in [0.717, 1.165) is 28.8 Å². The molecule has 0 aliphatic heterocycles. The molecule has 0 amide bonds. The van der Waals surface area contributed by atoms with E-state index in [4.69, 9.17) is 19.3 Å². The van der Waals surface area contributed by atoms with Gasteiger partial charge in [-0.2, -0.15) is 13.2 Å². The molecule has 1 aromatic heterocycles. The van der Waals surface area contributed by atoms with E-state index < -0.39 is 17.7 Å². The number of carboxylic acid groups (broad SMARTS) is 1. The largest absolute Gasteiger partial charge is 0.481 e. The minimum atomic E-state index is -4.56. The first-order valence-corrected chi connectivity index (χ1v) is 11.6. The number of hydrogen-bond acceptors (Lipinski definition) is 5. The van der Waals surface area contributed by atoms with Crippen LogP contribution in [0.15, 0.2) is 79.1 Å². The second-order valence-electron chi connectivity index (χ2n) is 8.62. The quantitative estimate of drug-likeness (QED) is 0.239. The maximum atomic E-state index is 13.4. The standard InChI is InChI=1S/C29H24F3NO5/c1-18-12-24(36-22-8-5-20(19(2)14-22)6-10-28(34)35)16-25(13-18)38-26-9-7-21(29(30,31)32)15-27(26)37-23-4-3-11-33-17-23/h3-5,7-9,11-17H,6,10H2,1-2H3,(H,34,35). The molecule has 1 N–H and O–H groups in total. The molecule has 3 aromatic carbocycles. The summed E-state index contributed by atoms with van der Waals surface area (Å²) in [6, 6.07) is 16.7. The van der Waals surface area contributed by atoms with Gasteiger partial charge in [-0.1, -0.05) is 6.07 Å². The van der Waals surface area contributed by atoms with Crippen molar-refractivity contribution in [1.29, 1.82) is 0 Å². The van der Waals surface area contributed by atoms with E-state index in [1.807, 2.05) is 26.0 Å². The summed E-state index contributed by atoms with van der Waals surface area (Å²) < 4.78 is 57.7. The van der Waals surface area contributed by atoms with Crippen LogP contribution in [0.4, 0.5) is 13.2 Å². The summed E-state index contributed by atoms with van der Waals surface area (Å²) in [5.74, 6) is 0.700. The first-order chi connectivity index (χ1) is 18.1. The van der Waals surface area contributed by atoms with E-state index in [1.165, 1.54) is 18.5 Å². The smallest absolute Gasteiger partial charge is 0.416 e. The second kappa shape index (κ2) is 11.2. The molecule has 0 fully saturated rings. The third kappa shape index (κ3) is 7.03. The fourth-order valence-corrected chi connectivity index (χ4v) is 3.73. The summed E-state index contributed by atoms with van der Waals surface area (Å²) in [6.45, 7) is 3.71. The van der Waals surface area contributed by atoms with E-state index in [-0.39, 0.29) is 23.7 Å². The van der Waals surface area contributed by atoms with Crippen LogP contribution in [0.1, 0.15) is 28.7 Å². The SMILES string of the molecule is Cc1cc(Oc2ccc(CCC(=O)O)c(C)c2)cc(Oc2ccc(C(F)(F)F)cc2Oc2cccnc2)c1. The number of aryl methyl sites for hydroxylation is 3. The fraction of sp³-hybridized carbons (Fsp3) is 0.172. The van der Waals surface area contributed by atoms with Gasteiger partial charge < -0.3 is 19.3 Å². The first kappa shape index (κ1) is 26.5. The van der Waals surface area contributed by atoms with Crippen molar-refractivity contribution >= 4 is 5.97 Å². The maximum absolute atomic E-state index is 13.4. The molecule has 0 saturated carbocycles. The van der Waals surface area contributed by atoms with Crippen molar-refractivity contribution in [1.82, 2.24) is 4.98 Å². The second-order valence-corrected chi connectivity index (χ2v) is 8.62. The van der Waals surface area contributed by atoms with Crippen LogP contribution in [-0.4, -0.2) is 16.1 Å². The number of carbonyl (C=O) groups is 1. The van der Waals surface area contributed by atoms with Gasteiger partial charge in [0.1, 0.15) is 23.0 Å². The van der Waals surface area contributed by atoms with Gasteiger partial charge in [-0.05, 0) is 91.6 Å². The Labute approximate surface area is 217 Å². The minimum absolute atomic E-state index is 0.0378. The normalized spacial score (nSPS) is 11.2. The average molecular weight is 524 g/mol. The number of aromatic nitrogens is 1. The molecule has 0 aliphatic carbocycles. The van der Waals surface area contributed by atoms with Crippen molar-refractivity contribution in [2.24, 2.45) is 0 Å². The zero-order chi connectivity index (χ0) is 27.3. The Balaban J connectivity index is 1.59. The molecule has 9 heteroatoms. The Morgan fingerprint density at radius 3 is 2.24 bits per heavy atom. The molecule has 1 heterocycles. The van der Waals surface area contributed by atoms with Gasteiger partial charge in [-0.15, -0.1) is 0 Å².